The molecule has 0 aliphatic carbocycles. The number of benzene rings is 3. The Morgan fingerprint density at radius 2 is 1.53 bits per heavy atom. The lowest BCUT2D eigenvalue weighted by molar-refractivity contribution is -0.139. The van der Waals surface area contributed by atoms with E-state index >= 15 is 0 Å². The molecule has 36 heavy (non-hydrogen) atoms. The summed E-state index contributed by atoms with van der Waals surface area (Å²) < 4.78 is 18.3. The molecule has 0 N–H and O–H groups in total. The number of methoxy groups -OCH3 is 1. The van der Waals surface area contributed by atoms with Gasteiger partial charge in [0.2, 0.25) is 0 Å². The summed E-state index contributed by atoms with van der Waals surface area (Å²) >= 11 is 1.61. The van der Waals surface area contributed by atoms with Gasteiger partial charge >= 0.3 is 11.9 Å². The number of carbonyl (C=O) groups is 2. The van der Waals surface area contributed by atoms with Crippen LogP contribution < -0.4 is 9.47 Å². The summed E-state index contributed by atoms with van der Waals surface area (Å²) in [4.78, 5) is 23.5. The van der Waals surface area contributed by atoms with Crippen molar-refractivity contribution >= 4 is 43.4 Å². The van der Waals surface area contributed by atoms with E-state index in [1.807, 2.05) is 6.07 Å². The highest BCUT2D eigenvalue weighted by molar-refractivity contribution is 7.26. The molecule has 0 bridgehead atoms. The largest absolute Gasteiger partial charge is 0.491 e. The van der Waals surface area contributed by atoms with Crippen molar-refractivity contribution in [3.8, 4) is 22.6 Å². The summed E-state index contributed by atoms with van der Waals surface area (Å²) in [5, 5.41) is 2.17. The molecular weight excluding hydrogens is 472 g/mol. The van der Waals surface area contributed by atoms with Gasteiger partial charge in [-0.2, -0.15) is 0 Å². The number of fused-ring (bicyclic) bond motifs is 3. The maximum atomic E-state index is 12.0. The summed E-state index contributed by atoms with van der Waals surface area (Å²) in [5.41, 5.74) is 4.17. The van der Waals surface area contributed by atoms with Gasteiger partial charge in [0.05, 0.1) is 18.4 Å². The van der Waals surface area contributed by atoms with E-state index in [0.29, 0.717) is 29.3 Å². The molecule has 3 aromatic carbocycles. The van der Waals surface area contributed by atoms with Crippen molar-refractivity contribution < 1.29 is 23.8 Å². The van der Waals surface area contributed by atoms with Gasteiger partial charge in [0, 0.05) is 26.6 Å². The molecule has 0 radical (unpaired) electrons. The molecule has 4 aromatic rings. The quantitative estimate of drug-likeness (QED) is 0.105. The van der Waals surface area contributed by atoms with Crippen LogP contribution in [0.1, 0.15) is 25.8 Å². The fraction of sp³-hybridized carbons (Fsp3) is 0.200. The van der Waals surface area contributed by atoms with Crippen molar-refractivity contribution in [2.45, 2.75) is 26.7 Å². The second-order valence-electron chi connectivity index (χ2n) is 8.67. The summed E-state index contributed by atoms with van der Waals surface area (Å²) in [7, 11) is 1.58. The Labute approximate surface area is 214 Å². The molecule has 1 aromatic heterocycles. The Hall–Kier alpha value is -3.90. The SMILES string of the molecule is C=C(C)C(=O)OCCCc1ccc(-c2ccc3c(c2)sc2c(OC)c(OC(=O)C(=C)C)ccc23)cc1. The zero-order valence-corrected chi connectivity index (χ0v) is 21.5. The molecule has 0 saturated carbocycles. The van der Waals surface area contributed by atoms with Crippen LogP contribution in [-0.2, 0) is 20.7 Å². The fourth-order valence-corrected chi connectivity index (χ4v) is 5.12. The normalized spacial score (nSPS) is 10.9. The number of thiophene rings is 1. The molecule has 0 aliphatic heterocycles. The van der Waals surface area contributed by atoms with Crippen LogP contribution in [-0.4, -0.2) is 25.7 Å². The van der Waals surface area contributed by atoms with Crippen molar-refractivity contribution in [2.75, 3.05) is 13.7 Å². The van der Waals surface area contributed by atoms with E-state index in [4.69, 9.17) is 14.2 Å². The van der Waals surface area contributed by atoms with Gasteiger partial charge in [-0.1, -0.05) is 49.6 Å². The lowest BCUT2D eigenvalue weighted by Gasteiger charge is -2.09. The average Bonchev–Trinajstić information content (AvgIpc) is 3.24. The lowest BCUT2D eigenvalue weighted by atomic mass is 10.0. The predicted octanol–water partition coefficient (Wildman–Crippen LogP) is 7.26. The van der Waals surface area contributed by atoms with E-state index in [-0.39, 0.29) is 5.97 Å². The Morgan fingerprint density at radius 1 is 0.861 bits per heavy atom. The number of ether oxygens (including phenoxy) is 3. The smallest absolute Gasteiger partial charge is 0.338 e. The molecule has 0 unspecified atom stereocenters. The van der Waals surface area contributed by atoms with E-state index in [9.17, 15) is 9.59 Å². The van der Waals surface area contributed by atoms with Gasteiger partial charge in [0.1, 0.15) is 0 Å². The minimum Gasteiger partial charge on any atom is -0.491 e. The summed E-state index contributed by atoms with van der Waals surface area (Å²) in [5.74, 6) is 0.106. The topological polar surface area (TPSA) is 61.8 Å². The first kappa shape index (κ1) is 25.2. The number of aryl methyl sites for hydroxylation is 1. The van der Waals surface area contributed by atoms with Crippen LogP contribution in [0.25, 0.3) is 31.3 Å². The second kappa shape index (κ2) is 10.8. The molecule has 1 heterocycles. The van der Waals surface area contributed by atoms with Crippen molar-refractivity contribution in [1.29, 1.82) is 0 Å². The van der Waals surface area contributed by atoms with Crippen LogP contribution in [0.3, 0.4) is 0 Å². The first-order valence-electron chi connectivity index (χ1n) is 11.6. The van der Waals surface area contributed by atoms with Crippen molar-refractivity contribution in [2.24, 2.45) is 0 Å². The highest BCUT2D eigenvalue weighted by Crippen LogP contribution is 2.45. The molecule has 0 saturated heterocycles. The molecule has 0 spiro atoms. The van der Waals surface area contributed by atoms with Crippen LogP contribution in [0.2, 0.25) is 0 Å². The van der Waals surface area contributed by atoms with Crippen LogP contribution >= 0.6 is 11.3 Å². The minimum absolute atomic E-state index is 0.329. The Morgan fingerprint density at radius 3 is 2.19 bits per heavy atom. The van der Waals surface area contributed by atoms with Gasteiger partial charge in [0.15, 0.2) is 11.5 Å². The predicted molar refractivity (Wildman–Crippen MR) is 146 cm³/mol. The van der Waals surface area contributed by atoms with E-state index < -0.39 is 5.97 Å². The van der Waals surface area contributed by atoms with Gasteiger partial charge in [-0.25, -0.2) is 9.59 Å². The second-order valence-corrected chi connectivity index (χ2v) is 9.73. The summed E-state index contributed by atoms with van der Waals surface area (Å²) in [6, 6.07) is 18.6. The van der Waals surface area contributed by atoms with Crippen LogP contribution in [0.5, 0.6) is 11.5 Å². The van der Waals surface area contributed by atoms with Crippen molar-refractivity contribution in [1.82, 2.24) is 0 Å². The number of carbonyl (C=O) groups excluding carboxylic acids is 2. The fourth-order valence-electron chi connectivity index (χ4n) is 3.87. The maximum Gasteiger partial charge on any atom is 0.338 e. The van der Waals surface area contributed by atoms with Crippen LogP contribution in [0, 0.1) is 0 Å². The highest BCUT2D eigenvalue weighted by atomic mass is 32.1. The average molecular weight is 501 g/mol. The van der Waals surface area contributed by atoms with Gasteiger partial charge in [-0.3, -0.25) is 0 Å². The molecule has 184 valence electrons. The number of hydrogen-bond donors (Lipinski definition) is 0. The van der Waals surface area contributed by atoms with Crippen LogP contribution in [0.4, 0.5) is 0 Å². The first-order chi connectivity index (χ1) is 17.3. The Kier molecular flexibility index (Phi) is 7.55. The molecular formula is C30H28O5S. The Balaban J connectivity index is 1.55. The van der Waals surface area contributed by atoms with Crippen molar-refractivity contribution in [3.05, 3.63) is 84.5 Å². The number of hydrogen-bond acceptors (Lipinski definition) is 6. The third kappa shape index (κ3) is 5.34. The zero-order valence-electron chi connectivity index (χ0n) is 20.7. The molecule has 5 nitrogen and oxygen atoms in total. The highest BCUT2D eigenvalue weighted by Gasteiger charge is 2.17. The lowest BCUT2D eigenvalue weighted by Crippen LogP contribution is -2.08. The van der Waals surface area contributed by atoms with E-state index in [0.717, 1.165) is 44.1 Å². The van der Waals surface area contributed by atoms with Gasteiger partial charge in [0.25, 0.3) is 0 Å². The summed E-state index contributed by atoms with van der Waals surface area (Å²) in [6.07, 6.45) is 1.59. The first-order valence-corrected chi connectivity index (χ1v) is 12.4. The molecule has 4 rings (SSSR count). The standard InChI is InChI=1S/C30H28O5S/c1-18(2)29(31)34-16-6-7-20-8-10-21(11-9-20)22-12-13-23-24-14-15-25(35-30(32)19(3)4)27(33-5)28(24)36-26(23)17-22/h8-15,17H,1,3,6-7,16H2,2,4-5H3. The molecule has 0 aliphatic rings. The zero-order chi connectivity index (χ0) is 25.8. The molecule has 0 fully saturated rings. The Bertz CT molecular complexity index is 1480. The minimum atomic E-state index is -0.479. The maximum absolute atomic E-state index is 12.0. The third-order valence-corrected chi connectivity index (χ3v) is 6.96. The van der Waals surface area contributed by atoms with Crippen LogP contribution in [0.15, 0.2) is 78.9 Å². The number of rotatable bonds is 9. The molecule has 6 heteroatoms. The van der Waals surface area contributed by atoms with Gasteiger partial charge < -0.3 is 14.2 Å². The monoisotopic (exact) mass is 500 g/mol. The summed E-state index contributed by atoms with van der Waals surface area (Å²) in [6.45, 7) is 10.9. The van der Waals surface area contributed by atoms with E-state index in [1.165, 1.54) is 5.56 Å². The van der Waals surface area contributed by atoms with E-state index in [1.54, 1.807) is 38.4 Å². The number of esters is 2. The van der Waals surface area contributed by atoms with E-state index in [2.05, 4.69) is 55.6 Å². The molecule has 0 atom stereocenters. The molecule has 0 amide bonds. The van der Waals surface area contributed by atoms with Gasteiger partial charge in [-0.15, -0.1) is 11.3 Å². The van der Waals surface area contributed by atoms with Crippen molar-refractivity contribution in [3.63, 3.8) is 0 Å². The van der Waals surface area contributed by atoms with Gasteiger partial charge in [-0.05, 0) is 61.6 Å². The third-order valence-electron chi connectivity index (χ3n) is 5.79.